The number of Topliss-reactive ketones (excluding diaryl/α,β-unsaturated/α-hetero) is 1. The molecule has 0 atom stereocenters. The minimum atomic E-state index is -3.40. The standard InChI is InChI=1S/C22H19NO7S/c1-31(27,28)23-10-4-5-14-11-15(8-9-17(14)23)19(25)13-29-22(26)21-12-18(24)16-6-2-3-7-20(16)30-21/h2-3,6-9,11-12H,4-5,10,13H2,1H3. The van der Waals surface area contributed by atoms with Crippen molar-refractivity contribution < 1.29 is 27.2 Å². The molecule has 0 fully saturated rings. The average Bonchev–Trinajstić information content (AvgIpc) is 2.75. The van der Waals surface area contributed by atoms with Crippen LogP contribution >= 0.6 is 0 Å². The van der Waals surface area contributed by atoms with E-state index in [4.69, 9.17) is 9.15 Å². The van der Waals surface area contributed by atoms with Crippen LogP contribution in [0, 0.1) is 0 Å². The molecule has 0 unspecified atom stereocenters. The molecule has 4 rings (SSSR count). The van der Waals surface area contributed by atoms with Crippen LogP contribution in [0.3, 0.4) is 0 Å². The Morgan fingerprint density at radius 2 is 1.90 bits per heavy atom. The van der Waals surface area contributed by atoms with Gasteiger partial charge in [-0.1, -0.05) is 12.1 Å². The van der Waals surface area contributed by atoms with Crippen molar-refractivity contribution in [3.05, 3.63) is 75.6 Å². The Bertz CT molecular complexity index is 1360. The van der Waals surface area contributed by atoms with Gasteiger partial charge in [0.05, 0.1) is 17.3 Å². The number of ketones is 1. The lowest BCUT2D eigenvalue weighted by Gasteiger charge is -2.29. The Balaban J connectivity index is 1.49. The van der Waals surface area contributed by atoms with Gasteiger partial charge in [-0.15, -0.1) is 0 Å². The van der Waals surface area contributed by atoms with Crippen molar-refractivity contribution in [1.29, 1.82) is 0 Å². The number of fused-ring (bicyclic) bond motifs is 2. The molecule has 1 aromatic heterocycles. The van der Waals surface area contributed by atoms with E-state index in [1.807, 2.05) is 0 Å². The van der Waals surface area contributed by atoms with Crippen molar-refractivity contribution in [1.82, 2.24) is 0 Å². The van der Waals surface area contributed by atoms with Crippen LogP contribution in [0.5, 0.6) is 0 Å². The van der Waals surface area contributed by atoms with Gasteiger partial charge in [0.25, 0.3) is 0 Å². The summed E-state index contributed by atoms with van der Waals surface area (Å²) in [6.07, 6.45) is 2.43. The first-order valence-corrected chi connectivity index (χ1v) is 11.4. The van der Waals surface area contributed by atoms with Gasteiger partial charge in [0, 0.05) is 18.2 Å². The van der Waals surface area contributed by atoms with Gasteiger partial charge in [-0.3, -0.25) is 13.9 Å². The number of benzene rings is 2. The molecule has 1 aliphatic heterocycles. The summed E-state index contributed by atoms with van der Waals surface area (Å²) in [5, 5.41) is 0.340. The highest BCUT2D eigenvalue weighted by molar-refractivity contribution is 7.92. The van der Waals surface area contributed by atoms with Gasteiger partial charge >= 0.3 is 5.97 Å². The number of esters is 1. The maximum atomic E-state index is 12.5. The predicted octanol–water partition coefficient (Wildman–Crippen LogP) is 2.54. The molecular weight excluding hydrogens is 422 g/mol. The van der Waals surface area contributed by atoms with Crippen LogP contribution < -0.4 is 9.73 Å². The second-order valence-corrected chi connectivity index (χ2v) is 9.16. The number of hydrogen-bond donors (Lipinski definition) is 0. The lowest BCUT2D eigenvalue weighted by atomic mass is 9.99. The van der Waals surface area contributed by atoms with Crippen molar-refractivity contribution in [3.63, 3.8) is 0 Å². The number of nitrogens with zero attached hydrogens (tertiary/aromatic N) is 1. The molecule has 2 heterocycles. The first-order valence-electron chi connectivity index (χ1n) is 9.58. The second kappa shape index (κ2) is 7.99. The van der Waals surface area contributed by atoms with Crippen LogP contribution in [0.1, 0.15) is 32.9 Å². The zero-order valence-corrected chi connectivity index (χ0v) is 17.5. The normalized spacial score (nSPS) is 13.6. The number of anilines is 1. The van der Waals surface area contributed by atoms with Gasteiger partial charge in [-0.2, -0.15) is 0 Å². The second-order valence-electron chi connectivity index (χ2n) is 7.25. The van der Waals surface area contributed by atoms with Crippen molar-refractivity contribution in [3.8, 4) is 0 Å². The highest BCUT2D eigenvalue weighted by Gasteiger charge is 2.25. The first-order chi connectivity index (χ1) is 14.7. The van der Waals surface area contributed by atoms with Gasteiger partial charge in [0.15, 0.2) is 17.8 Å². The average molecular weight is 441 g/mol. The van der Waals surface area contributed by atoms with E-state index in [9.17, 15) is 22.8 Å². The van der Waals surface area contributed by atoms with E-state index in [0.29, 0.717) is 36.0 Å². The third-order valence-corrected chi connectivity index (χ3v) is 6.23. The summed E-state index contributed by atoms with van der Waals surface area (Å²) in [6.45, 7) is -0.141. The Labute approximate surface area is 178 Å². The molecule has 0 amide bonds. The molecule has 0 saturated heterocycles. The summed E-state index contributed by atoms with van der Waals surface area (Å²) in [5.41, 5.74) is 1.47. The number of carbonyl (C=O) groups is 2. The third kappa shape index (κ3) is 4.22. The van der Waals surface area contributed by atoms with E-state index >= 15 is 0 Å². The molecule has 2 aromatic carbocycles. The van der Waals surface area contributed by atoms with E-state index in [1.54, 1.807) is 36.4 Å². The van der Waals surface area contributed by atoms with Crippen molar-refractivity contribution in [2.45, 2.75) is 12.8 Å². The molecule has 9 heteroatoms. The van der Waals surface area contributed by atoms with Crippen molar-refractivity contribution in [2.24, 2.45) is 0 Å². The number of aryl methyl sites for hydroxylation is 1. The smallest absolute Gasteiger partial charge is 0.374 e. The number of hydrogen-bond acceptors (Lipinski definition) is 7. The van der Waals surface area contributed by atoms with Crippen molar-refractivity contribution in [2.75, 3.05) is 23.7 Å². The summed E-state index contributed by atoms with van der Waals surface area (Å²) < 4.78 is 35.7. The quantitative estimate of drug-likeness (QED) is 0.442. The van der Waals surface area contributed by atoms with Gasteiger partial charge in [-0.05, 0) is 48.7 Å². The van der Waals surface area contributed by atoms with E-state index < -0.39 is 28.4 Å². The molecule has 0 saturated carbocycles. The number of ether oxygens (including phenoxy) is 1. The van der Waals surface area contributed by atoms with Crippen LogP contribution in [0.4, 0.5) is 5.69 Å². The Hall–Kier alpha value is -3.46. The van der Waals surface area contributed by atoms with E-state index in [2.05, 4.69) is 0 Å². The molecule has 0 radical (unpaired) electrons. The topological polar surface area (TPSA) is 111 Å². The number of rotatable bonds is 5. The highest BCUT2D eigenvalue weighted by atomic mass is 32.2. The summed E-state index contributed by atoms with van der Waals surface area (Å²) in [4.78, 5) is 36.9. The van der Waals surface area contributed by atoms with Crippen molar-refractivity contribution >= 4 is 38.4 Å². The Morgan fingerprint density at radius 1 is 1.13 bits per heavy atom. The van der Waals surface area contributed by atoms with E-state index in [1.165, 1.54) is 10.4 Å². The molecule has 0 bridgehead atoms. The number of para-hydroxylation sites is 1. The molecule has 31 heavy (non-hydrogen) atoms. The summed E-state index contributed by atoms with van der Waals surface area (Å²) >= 11 is 0. The summed E-state index contributed by atoms with van der Waals surface area (Å²) in [7, 11) is -3.40. The monoisotopic (exact) mass is 441 g/mol. The Kier molecular flexibility index (Phi) is 5.36. The van der Waals surface area contributed by atoms with Crippen LogP contribution in [0.15, 0.2) is 57.7 Å². The van der Waals surface area contributed by atoms with E-state index in [0.717, 1.165) is 17.9 Å². The van der Waals surface area contributed by atoms with Crippen LogP contribution in [-0.2, 0) is 21.2 Å². The van der Waals surface area contributed by atoms with Gasteiger partial charge < -0.3 is 9.15 Å². The van der Waals surface area contributed by atoms with Crippen LogP contribution in [0.2, 0.25) is 0 Å². The zero-order valence-electron chi connectivity index (χ0n) is 16.7. The molecule has 0 aliphatic carbocycles. The maximum Gasteiger partial charge on any atom is 0.374 e. The van der Waals surface area contributed by atoms with Gasteiger partial charge in [0.2, 0.25) is 15.8 Å². The lowest BCUT2D eigenvalue weighted by Crippen LogP contribution is -2.34. The maximum absolute atomic E-state index is 12.5. The van der Waals surface area contributed by atoms with Crippen LogP contribution in [-0.4, -0.2) is 39.6 Å². The fourth-order valence-electron chi connectivity index (χ4n) is 3.57. The minimum absolute atomic E-state index is 0.249. The highest BCUT2D eigenvalue weighted by Crippen LogP contribution is 2.30. The van der Waals surface area contributed by atoms with Gasteiger partial charge in [-0.25, -0.2) is 13.2 Å². The van der Waals surface area contributed by atoms with Crippen LogP contribution in [0.25, 0.3) is 11.0 Å². The molecule has 0 spiro atoms. The molecule has 8 nitrogen and oxygen atoms in total. The third-order valence-electron chi connectivity index (χ3n) is 5.05. The Morgan fingerprint density at radius 3 is 2.68 bits per heavy atom. The zero-order chi connectivity index (χ0) is 22.2. The minimum Gasteiger partial charge on any atom is -0.451 e. The van der Waals surface area contributed by atoms with Gasteiger partial charge in [0.1, 0.15) is 5.58 Å². The number of carbonyl (C=O) groups excluding carboxylic acids is 2. The molecule has 160 valence electrons. The fraction of sp³-hybridized carbons (Fsp3) is 0.227. The molecule has 1 aliphatic rings. The van der Waals surface area contributed by atoms with E-state index in [-0.39, 0.29) is 16.8 Å². The number of sulfonamides is 1. The first kappa shape index (κ1) is 20.8. The molecule has 3 aromatic rings. The molecular formula is C22H19NO7S. The predicted molar refractivity (Wildman–Crippen MR) is 114 cm³/mol. The summed E-state index contributed by atoms with van der Waals surface area (Å²) in [5.74, 6) is -1.65. The molecule has 0 N–H and O–H groups in total. The fourth-order valence-corrected chi connectivity index (χ4v) is 4.57. The lowest BCUT2D eigenvalue weighted by molar-refractivity contribution is 0.0444. The summed E-state index contributed by atoms with van der Waals surface area (Å²) in [6, 6.07) is 12.3. The largest absolute Gasteiger partial charge is 0.451 e. The SMILES string of the molecule is CS(=O)(=O)N1CCCc2cc(C(=O)COC(=O)c3cc(=O)c4ccccc4o3)ccc21.